The summed E-state index contributed by atoms with van der Waals surface area (Å²) in [6.45, 7) is 26.7. The second kappa shape index (κ2) is 33.3. The molecule has 1 aliphatic heterocycles. The Bertz CT molecular complexity index is 2280. The number of aldehydes is 1. The third-order valence-corrected chi connectivity index (χ3v) is 15.5. The van der Waals surface area contributed by atoms with E-state index < -0.39 is 156 Å². The van der Waals surface area contributed by atoms with E-state index in [1.807, 2.05) is 55.4 Å². The van der Waals surface area contributed by atoms with Gasteiger partial charge in [-0.05, 0) is 81.5 Å². The minimum atomic E-state index is -1.83. The number of aliphatic hydroxyl groups excluding tert-OH is 1. The lowest BCUT2D eigenvalue weighted by Gasteiger charge is -2.41. The highest BCUT2D eigenvalue weighted by Crippen LogP contribution is 2.25. The summed E-state index contributed by atoms with van der Waals surface area (Å²) in [6.07, 6.45) is -0.923. The third kappa shape index (κ3) is 20.5. The Morgan fingerprint density at radius 2 is 0.843 bits per heavy atom. The van der Waals surface area contributed by atoms with E-state index in [4.69, 9.17) is 0 Å². The molecule has 474 valence electrons. The molecule has 1 heterocycles. The van der Waals surface area contributed by atoms with Gasteiger partial charge in [-0.3, -0.25) is 52.7 Å². The second-order valence-electron chi connectivity index (χ2n) is 25.3. The zero-order valence-corrected chi connectivity index (χ0v) is 54.2. The number of likely N-dealkylation sites (N-methyl/N-ethyl adjacent to an activating group) is 7. The van der Waals surface area contributed by atoms with Crippen LogP contribution in [-0.2, 0) is 57.5 Å². The third-order valence-electron chi connectivity index (χ3n) is 15.5. The van der Waals surface area contributed by atoms with Gasteiger partial charge in [0.05, 0.1) is 12.6 Å². The van der Waals surface area contributed by atoms with E-state index in [1.54, 1.807) is 34.6 Å². The van der Waals surface area contributed by atoms with Gasteiger partial charge in [0, 0.05) is 55.3 Å². The molecule has 1 rings (SSSR count). The van der Waals surface area contributed by atoms with Crippen LogP contribution in [0.3, 0.4) is 0 Å². The Morgan fingerprint density at radius 3 is 1.28 bits per heavy atom. The molecule has 0 aliphatic carbocycles. The molecule has 1 aliphatic rings. The van der Waals surface area contributed by atoms with E-state index >= 15 is 0 Å². The van der Waals surface area contributed by atoms with Gasteiger partial charge in [0.25, 0.3) is 0 Å². The fourth-order valence-electron chi connectivity index (χ4n) is 10.2. The second-order valence-corrected chi connectivity index (χ2v) is 25.3. The maximum atomic E-state index is 15.0. The van der Waals surface area contributed by atoms with Gasteiger partial charge in [0.2, 0.25) is 65.0 Å². The van der Waals surface area contributed by atoms with Crippen LogP contribution in [0.2, 0.25) is 0 Å². The molecule has 24 heteroatoms. The fourth-order valence-corrected chi connectivity index (χ4v) is 10.2. The van der Waals surface area contributed by atoms with Gasteiger partial charge in [-0.25, -0.2) is 0 Å². The number of nitrogens with zero attached hydrogens (tertiary/aromatic N) is 7. The van der Waals surface area contributed by atoms with Crippen molar-refractivity contribution >= 4 is 71.3 Å². The lowest BCUT2D eigenvalue weighted by molar-refractivity contribution is -0.157. The molecule has 0 radical (unpaired) electrons. The normalized spacial score (nSPS) is 27.1. The van der Waals surface area contributed by atoms with Gasteiger partial charge in [-0.1, -0.05) is 96.9 Å². The number of nitrogens with one attached hydrogen (secondary N) is 4. The van der Waals surface area contributed by atoms with Crippen molar-refractivity contribution in [2.75, 3.05) is 55.9 Å². The predicted octanol–water partition coefficient (Wildman–Crippen LogP) is 1.50. The SMILES string of the molecule is CC[C@@H]1NC(=O)C([C@H](O)[C@H](C)C=O)N(C)C(=O)[C@H](C(C)C)N(C)C(=O)[C@H](CC(C)C)N(C)C(=O)[C@H](CC(C)C)N(C)C(=O)[C@@H](C)NC(=O)[C@H](C)NC(=O)[C@H](CC(C)C)N(C)C(=O)[C@H](C(C)C)NC(=O)[C@H](CC(C)C)N(C)C(=O)CN(C)C1=O. The molecule has 5 N–H and O–H groups in total. The van der Waals surface area contributed by atoms with Gasteiger partial charge in [0.15, 0.2) is 0 Å². The summed E-state index contributed by atoms with van der Waals surface area (Å²) in [5, 5.41) is 22.5. The van der Waals surface area contributed by atoms with E-state index in [0.717, 1.165) is 9.80 Å². The predicted molar refractivity (Wildman–Crippen MR) is 315 cm³/mol. The van der Waals surface area contributed by atoms with Gasteiger partial charge >= 0.3 is 0 Å². The molecular weight excluding hydrogens is 1070 g/mol. The van der Waals surface area contributed by atoms with E-state index in [0.29, 0.717) is 6.29 Å². The minimum Gasteiger partial charge on any atom is -0.390 e. The summed E-state index contributed by atoms with van der Waals surface area (Å²) in [5.41, 5.74) is 0. The monoisotopic (exact) mass is 1180 g/mol. The smallest absolute Gasteiger partial charge is 0.246 e. The van der Waals surface area contributed by atoms with Crippen LogP contribution >= 0.6 is 0 Å². The van der Waals surface area contributed by atoms with Crippen LogP contribution in [0, 0.1) is 41.4 Å². The molecule has 1 saturated heterocycles. The molecular formula is C59H105N11O13. The summed E-state index contributed by atoms with van der Waals surface area (Å²) in [4.78, 5) is 179. The molecule has 83 heavy (non-hydrogen) atoms. The van der Waals surface area contributed by atoms with E-state index in [2.05, 4.69) is 21.3 Å². The van der Waals surface area contributed by atoms with Crippen LogP contribution in [0.4, 0.5) is 0 Å². The van der Waals surface area contributed by atoms with Crippen LogP contribution in [0.1, 0.15) is 143 Å². The largest absolute Gasteiger partial charge is 0.390 e. The highest BCUT2D eigenvalue weighted by Gasteiger charge is 2.46. The van der Waals surface area contributed by atoms with Crippen LogP contribution in [0.25, 0.3) is 0 Å². The van der Waals surface area contributed by atoms with Crippen molar-refractivity contribution in [2.45, 2.75) is 209 Å². The van der Waals surface area contributed by atoms with Crippen molar-refractivity contribution < 1.29 is 62.6 Å². The summed E-state index contributed by atoms with van der Waals surface area (Å²) >= 11 is 0. The van der Waals surface area contributed by atoms with E-state index in [9.17, 15) is 62.6 Å². The summed E-state index contributed by atoms with van der Waals surface area (Å²) < 4.78 is 0. The summed E-state index contributed by atoms with van der Waals surface area (Å²) in [5.74, 6) is -11.0. The Kier molecular flexibility index (Phi) is 30.0. The van der Waals surface area contributed by atoms with Gasteiger partial charge < -0.3 is 65.5 Å². The molecule has 0 aromatic rings. The van der Waals surface area contributed by atoms with E-state index in [1.165, 1.54) is 94.6 Å². The van der Waals surface area contributed by atoms with Crippen LogP contribution < -0.4 is 21.3 Å². The Hall–Kier alpha value is -6.20. The molecule has 12 atom stereocenters. The topological polar surface area (TPSA) is 296 Å². The lowest BCUT2D eigenvalue weighted by Crippen LogP contribution is -2.63. The van der Waals surface area contributed by atoms with Crippen molar-refractivity contribution in [3.8, 4) is 0 Å². The number of carbonyl (C=O) groups is 12. The van der Waals surface area contributed by atoms with Gasteiger partial charge in [-0.2, -0.15) is 0 Å². The number of amides is 11. The first-order valence-electron chi connectivity index (χ1n) is 29.4. The molecule has 0 aromatic carbocycles. The summed E-state index contributed by atoms with van der Waals surface area (Å²) in [7, 11) is 9.60. The number of carbonyl (C=O) groups excluding carboxylic acids is 12. The molecule has 0 saturated carbocycles. The Labute approximate surface area is 494 Å². The molecule has 0 bridgehead atoms. The van der Waals surface area contributed by atoms with Crippen molar-refractivity contribution in [1.29, 1.82) is 0 Å². The van der Waals surface area contributed by atoms with Crippen molar-refractivity contribution in [2.24, 2.45) is 41.4 Å². The van der Waals surface area contributed by atoms with Crippen LogP contribution in [0.15, 0.2) is 0 Å². The zero-order valence-electron chi connectivity index (χ0n) is 54.2. The number of aliphatic hydroxyl groups is 1. The number of rotatable bonds is 14. The lowest BCUT2D eigenvalue weighted by atomic mass is 9.93. The first-order valence-corrected chi connectivity index (χ1v) is 29.4. The minimum absolute atomic E-state index is 0.0375. The highest BCUT2D eigenvalue weighted by atomic mass is 16.3. The van der Waals surface area contributed by atoms with Crippen LogP contribution in [-0.4, -0.2) is 233 Å². The Balaban J connectivity index is 4.28. The molecule has 1 fully saturated rings. The Morgan fingerprint density at radius 1 is 0.446 bits per heavy atom. The first-order chi connectivity index (χ1) is 38.2. The van der Waals surface area contributed by atoms with Crippen LogP contribution in [0.5, 0.6) is 0 Å². The quantitative estimate of drug-likeness (QED) is 0.154. The van der Waals surface area contributed by atoms with E-state index in [-0.39, 0.29) is 55.8 Å². The number of hydrogen-bond donors (Lipinski definition) is 5. The molecule has 11 amide bonds. The van der Waals surface area contributed by atoms with Gasteiger partial charge in [0.1, 0.15) is 66.7 Å². The van der Waals surface area contributed by atoms with Crippen molar-refractivity contribution in [1.82, 2.24) is 55.6 Å². The van der Waals surface area contributed by atoms with Crippen molar-refractivity contribution in [3.63, 3.8) is 0 Å². The fraction of sp³-hybridized carbons (Fsp3) is 0.797. The molecule has 24 nitrogen and oxygen atoms in total. The zero-order chi connectivity index (χ0) is 64.6. The number of hydrogen-bond acceptors (Lipinski definition) is 13. The summed E-state index contributed by atoms with van der Waals surface area (Å²) in [6, 6.07) is -12.8. The maximum absolute atomic E-state index is 15.0. The van der Waals surface area contributed by atoms with Gasteiger partial charge in [-0.15, -0.1) is 0 Å². The average molecular weight is 1180 g/mol. The average Bonchev–Trinajstić information content (AvgIpc) is 3.51. The standard InChI is InChI=1S/C59H105N11O13/c1-24-40-55(79)64(17)29-45(72)65(18)41(25-31(2)3)52(76)63-46(35(10)11)58(82)66(19)42(26-32(4)5)51(75)60-38(15)50(74)61-39(16)54(78)67(20)43(27-33(6)7)56(80)68(21)44(28-34(8)9)57(81)69(22)47(36(12)13)59(83)70(23)48(53(77)62-40)49(73)37(14)30-71/h30-44,46-49,73H,24-29H2,1-23H3,(H,60,75)(H,61,74)(H,62,77)(H,63,76)/t37-,38+,39-,40+,41+,42+,43+,44+,46+,47+,48?,49-/m1/s1. The van der Waals surface area contributed by atoms with Crippen molar-refractivity contribution in [3.05, 3.63) is 0 Å². The maximum Gasteiger partial charge on any atom is 0.246 e. The highest BCUT2D eigenvalue weighted by molar-refractivity contribution is 5.99. The molecule has 0 aromatic heterocycles. The first kappa shape index (κ1) is 74.8. The molecule has 0 spiro atoms. The molecule has 1 unspecified atom stereocenters.